The van der Waals surface area contributed by atoms with Crippen molar-refractivity contribution in [3.8, 4) is 0 Å². The Morgan fingerprint density at radius 3 is 2.11 bits per heavy atom. The molecular weight excluding hydrogens is 305 g/mol. The average molecular weight is 322 g/mol. The van der Waals surface area contributed by atoms with Crippen molar-refractivity contribution in [2.75, 3.05) is 0 Å². The number of hydrogen-bond acceptors (Lipinski definition) is 1. The summed E-state index contributed by atoms with van der Waals surface area (Å²) in [6.07, 6.45) is 0. The maximum atomic E-state index is 13.3. The van der Waals surface area contributed by atoms with Crippen LogP contribution in [-0.4, -0.2) is 0 Å². The fraction of sp³-hybridized carbons (Fsp3) is 0.250. The summed E-state index contributed by atoms with van der Waals surface area (Å²) in [5.74, 6) is -0.212. The second-order valence-electron chi connectivity index (χ2n) is 4.94. The molecule has 0 saturated carbocycles. The molecule has 1 atom stereocenters. The lowest BCUT2D eigenvalue weighted by Gasteiger charge is -2.19. The van der Waals surface area contributed by atoms with Gasteiger partial charge in [0.15, 0.2) is 0 Å². The largest absolute Gasteiger partial charge is 0.320 e. The molecule has 0 radical (unpaired) electrons. The van der Waals surface area contributed by atoms with Gasteiger partial charge in [0, 0.05) is 4.47 Å². The van der Waals surface area contributed by atoms with Crippen LogP contribution in [0, 0.1) is 26.6 Å². The summed E-state index contributed by atoms with van der Waals surface area (Å²) >= 11 is 3.52. The summed E-state index contributed by atoms with van der Waals surface area (Å²) in [5, 5.41) is 0. The first-order chi connectivity index (χ1) is 8.90. The maximum absolute atomic E-state index is 13.3. The van der Waals surface area contributed by atoms with E-state index in [-0.39, 0.29) is 11.9 Å². The smallest absolute Gasteiger partial charge is 0.123 e. The molecule has 0 saturated heterocycles. The highest BCUT2D eigenvalue weighted by molar-refractivity contribution is 9.10. The fourth-order valence-corrected chi connectivity index (χ4v) is 2.78. The number of nitrogens with two attached hydrogens (primary N) is 1. The highest BCUT2D eigenvalue weighted by Gasteiger charge is 2.15. The normalized spacial score (nSPS) is 12.5. The molecule has 2 rings (SSSR count). The second-order valence-corrected chi connectivity index (χ2v) is 5.79. The first kappa shape index (κ1) is 14.2. The molecule has 0 aliphatic heterocycles. The molecule has 0 aliphatic rings. The first-order valence-electron chi connectivity index (χ1n) is 6.18. The molecule has 3 heteroatoms. The van der Waals surface area contributed by atoms with Crippen LogP contribution in [0.3, 0.4) is 0 Å². The summed E-state index contributed by atoms with van der Waals surface area (Å²) < 4.78 is 14.4. The fourth-order valence-electron chi connectivity index (χ4n) is 2.38. The summed E-state index contributed by atoms with van der Waals surface area (Å²) in [4.78, 5) is 0. The molecule has 2 N–H and O–H groups in total. The third-order valence-electron chi connectivity index (χ3n) is 3.42. The van der Waals surface area contributed by atoms with Crippen LogP contribution in [0.5, 0.6) is 0 Å². The Morgan fingerprint density at radius 2 is 1.58 bits per heavy atom. The summed E-state index contributed by atoms with van der Waals surface area (Å²) in [6.45, 7) is 5.83. The SMILES string of the molecule is Cc1ccc(C(N)c2c(C)cc(F)cc2C)cc1Br. The van der Waals surface area contributed by atoms with Gasteiger partial charge in [0.2, 0.25) is 0 Å². The molecular formula is C16H17BrFN. The van der Waals surface area contributed by atoms with E-state index < -0.39 is 0 Å². The lowest BCUT2D eigenvalue weighted by Crippen LogP contribution is -2.15. The highest BCUT2D eigenvalue weighted by Crippen LogP contribution is 2.29. The zero-order chi connectivity index (χ0) is 14.2. The Balaban J connectivity index is 2.49. The van der Waals surface area contributed by atoms with Crippen molar-refractivity contribution < 1.29 is 4.39 Å². The molecule has 0 bridgehead atoms. The van der Waals surface area contributed by atoms with E-state index in [0.717, 1.165) is 26.7 Å². The summed E-state index contributed by atoms with van der Waals surface area (Å²) in [6, 6.07) is 8.91. The van der Waals surface area contributed by atoms with E-state index in [4.69, 9.17) is 5.73 Å². The molecule has 0 fully saturated rings. The third-order valence-corrected chi connectivity index (χ3v) is 4.28. The van der Waals surface area contributed by atoms with Crippen LogP contribution in [0.4, 0.5) is 4.39 Å². The van der Waals surface area contributed by atoms with E-state index in [1.807, 2.05) is 39.0 Å². The van der Waals surface area contributed by atoms with Gasteiger partial charge in [-0.3, -0.25) is 0 Å². The monoisotopic (exact) mass is 321 g/mol. The lowest BCUT2D eigenvalue weighted by molar-refractivity contribution is 0.623. The molecule has 1 unspecified atom stereocenters. The Kier molecular flexibility index (Phi) is 4.07. The van der Waals surface area contributed by atoms with Gasteiger partial charge in [-0.2, -0.15) is 0 Å². The van der Waals surface area contributed by atoms with Crippen molar-refractivity contribution in [2.24, 2.45) is 5.73 Å². The average Bonchev–Trinajstić information content (AvgIpc) is 2.31. The Labute approximate surface area is 121 Å². The number of benzene rings is 2. The number of hydrogen-bond donors (Lipinski definition) is 1. The van der Waals surface area contributed by atoms with Crippen LogP contribution in [-0.2, 0) is 0 Å². The van der Waals surface area contributed by atoms with Gasteiger partial charge in [0.1, 0.15) is 5.82 Å². The van der Waals surface area contributed by atoms with Crippen LogP contribution in [0.25, 0.3) is 0 Å². The van der Waals surface area contributed by atoms with E-state index in [2.05, 4.69) is 15.9 Å². The standard InChI is InChI=1S/C16H17BrFN/c1-9-4-5-12(8-14(9)17)16(19)15-10(2)6-13(18)7-11(15)3/h4-8,16H,19H2,1-3H3. The molecule has 0 aromatic heterocycles. The van der Waals surface area contributed by atoms with Crippen molar-refractivity contribution in [1.82, 2.24) is 0 Å². The zero-order valence-corrected chi connectivity index (χ0v) is 12.9. The zero-order valence-electron chi connectivity index (χ0n) is 11.3. The molecule has 100 valence electrons. The minimum atomic E-state index is -0.238. The van der Waals surface area contributed by atoms with E-state index in [1.54, 1.807) is 0 Å². The van der Waals surface area contributed by atoms with Crippen molar-refractivity contribution in [1.29, 1.82) is 0 Å². The van der Waals surface area contributed by atoms with E-state index in [0.29, 0.717) is 0 Å². The molecule has 0 amide bonds. The third kappa shape index (κ3) is 2.88. The minimum absolute atomic E-state index is 0.212. The molecule has 1 nitrogen and oxygen atoms in total. The van der Waals surface area contributed by atoms with E-state index in [1.165, 1.54) is 17.7 Å². The quantitative estimate of drug-likeness (QED) is 0.862. The first-order valence-corrected chi connectivity index (χ1v) is 6.97. The highest BCUT2D eigenvalue weighted by atomic mass is 79.9. The Morgan fingerprint density at radius 1 is 1.00 bits per heavy atom. The molecule has 0 aliphatic carbocycles. The van der Waals surface area contributed by atoms with Gasteiger partial charge in [0.05, 0.1) is 6.04 Å². The van der Waals surface area contributed by atoms with Crippen molar-refractivity contribution in [3.63, 3.8) is 0 Å². The topological polar surface area (TPSA) is 26.0 Å². The number of halogens is 2. The number of rotatable bonds is 2. The number of aryl methyl sites for hydroxylation is 3. The van der Waals surface area contributed by atoms with Gasteiger partial charge in [-0.15, -0.1) is 0 Å². The second kappa shape index (κ2) is 5.43. The Bertz CT molecular complexity index is 599. The van der Waals surface area contributed by atoms with E-state index in [9.17, 15) is 4.39 Å². The predicted molar refractivity (Wildman–Crippen MR) is 80.8 cm³/mol. The predicted octanol–water partition coefficient (Wildman–Crippen LogP) is 4.56. The van der Waals surface area contributed by atoms with E-state index >= 15 is 0 Å². The van der Waals surface area contributed by atoms with Crippen molar-refractivity contribution in [2.45, 2.75) is 26.8 Å². The van der Waals surface area contributed by atoms with Gasteiger partial charge in [-0.25, -0.2) is 4.39 Å². The molecule has 19 heavy (non-hydrogen) atoms. The van der Waals surface area contributed by atoms with Crippen LogP contribution in [0.1, 0.15) is 33.9 Å². The summed E-state index contributed by atoms with van der Waals surface area (Å²) in [5.41, 5.74) is 11.3. The van der Waals surface area contributed by atoms with Gasteiger partial charge in [-0.05, 0) is 66.8 Å². The molecule has 2 aromatic rings. The van der Waals surface area contributed by atoms with Crippen molar-refractivity contribution >= 4 is 15.9 Å². The summed E-state index contributed by atoms with van der Waals surface area (Å²) in [7, 11) is 0. The van der Waals surface area contributed by atoms with Crippen LogP contribution in [0.2, 0.25) is 0 Å². The van der Waals surface area contributed by atoms with Gasteiger partial charge in [-0.1, -0.05) is 28.1 Å². The van der Waals surface area contributed by atoms with Crippen LogP contribution >= 0.6 is 15.9 Å². The lowest BCUT2D eigenvalue weighted by atomic mass is 9.91. The van der Waals surface area contributed by atoms with Crippen LogP contribution in [0.15, 0.2) is 34.8 Å². The van der Waals surface area contributed by atoms with Crippen molar-refractivity contribution in [3.05, 3.63) is 68.4 Å². The maximum Gasteiger partial charge on any atom is 0.123 e. The van der Waals surface area contributed by atoms with Gasteiger partial charge < -0.3 is 5.73 Å². The molecule has 2 aromatic carbocycles. The molecule has 0 spiro atoms. The van der Waals surface area contributed by atoms with Gasteiger partial charge in [0.25, 0.3) is 0 Å². The van der Waals surface area contributed by atoms with Crippen LogP contribution < -0.4 is 5.73 Å². The Hall–Kier alpha value is -1.19. The molecule has 0 heterocycles. The van der Waals surface area contributed by atoms with Gasteiger partial charge >= 0.3 is 0 Å². The minimum Gasteiger partial charge on any atom is -0.320 e.